The fourth-order valence-electron chi connectivity index (χ4n) is 2.09. The van der Waals surface area contributed by atoms with Crippen molar-refractivity contribution in [1.29, 1.82) is 0 Å². The molecule has 0 saturated heterocycles. The van der Waals surface area contributed by atoms with Crippen molar-refractivity contribution in [3.63, 3.8) is 0 Å². The van der Waals surface area contributed by atoms with E-state index in [9.17, 15) is 8.78 Å². The summed E-state index contributed by atoms with van der Waals surface area (Å²) in [6.45, 7) is 3.56. The fourth-order valence-corrected chi connectivity index (χ4v) is 3.16. The highest BCUT2D eigenvalue weighted by Crippen LogP contribution is 2.40. The highest BCUT2D eigenvalue weighted by molar-refractivity contribution is 9.10. The molecule has 5 heteroatoms. The maximum atomic E-state index is 14.1. The van der Waals surface area contributed by atoms with Crippen molar-refractivity contribution in [2.24, 2.45) is 0 Å². The zero-order valence-electron chi connectivity index (χ0n) is 11.8. The molecule has 0 saturated carbocycles. The topological polar surface area (TPSA) is 9.23 Å². The second kappa shape index (κ2) is 6.44. The number of hydrogen-bond donors (Lipinski definition) is 0. The van der Waals surface area contributed by atoms with Gasteiger partial charge >= 0.3 is 0 Å². The summed E-state index contributed by atoms with van der Waals surface area (Å²) < 4.78 is 33.7. The lowest BCUT2D eigenvalue weighted by atomic mass is 10.00. The molecule has 0 aliphatic heterocycles. The first-order chi connectivity index (χ1) is 9.85. The van der Waals surface area contributed by atoms with E-state index < -0.39 is 16.5 Å². The van der Waals surface area contributed by atoms with E-state index in [0.29, 0.717) is 16.9 Å². The molecule has 2 aromatic rings. The summed E-state index contributed by atoms with van der Waals surface area (Å²) in [7, 11) is 1.57. The average molecular weight is 420 g/mol. The van der Waals surface area contributed by atoms with Gasteiger partial charge in [-0.3, -0.25) is 0 Å². The lowest BCUT2D eigenvalue weighted by molar-refractivity contribution is 0.409. The van der Waals surface area contributed by atoms with Crippen molar-refractivity contribution in [3.05, 3.63) is 62.6 Å². The molecule has 0 amide bonds. The van der Waals surface area contributed by atoms with Crippen LogP contribution in [0.4, 0.5) is 8.78 Å². The average Bonchev–Trinajstić information content (AvgIpc) is 2.44. The molecular formula is C16H14Br2F2O. The normalized spacial score (nSPS) is 12.3. The number of benzene rings is 2. The number of alkyl halides is 1. The lowest BCUT2D eigenvalue weighted by Gasteiger charge is -2.17. The molecule has 1 unspecified atom stereocenters. The Bertz CT molecular complexity index is 686. The van der Waals surface area contributed by atoms with Crippen LogP contribution in [0.1, 0.15) is 27.1 Å². The molecule has 21 heavy (non-hydrogen) atoms. The van der Waals surface area contributed by atoms with Gasteiger partial charge in [0.25, 0.3) is 0 Å². The summed E-state index contributed by atoms with van der Waals surface area (Å²) in [4.78, 5) is -0.427. The van der Waals surface area contributed by atoms with E-state index in [4.69, 9.17) is 4.74 Å². The van der Waals surface area contributed by atoms with Crippen molar-refractivity contribution in [1.82, 2.24) is 0 Å². The Kier molecular flexibility index (Phi) is 5.04. The molecular weight excluding hydrogens is 406 g/mol. The standard InChI is InChI=1S/C16H14Br2F2O/c1-8-5-15(21-3)11(6-12(8)17)16(18)10-4-9(2)13(19)7-14(10)20/h4-7,16H,1-3H3. The predicted octanol–water partition coefficient (Wildman–Crippen LogP) is 5.84. The van der Waals surface area contributed by atoms with Gasteiger partial charge in [0.1, 0.15) is 17.4 Å². The van der Waals surface area contributed by atoms with E-state index in [-0.39, 0.29) is 0 Å². The van der Waals surface area contributed by atoms with Gasteiger partial charge in [-0.05, 0) is 43.2 Å². The molecule has 0 aromatic heterocycles. The highest BCUT2D eigenvalue weighted by Gasteiger charge is 2.21. The monoisotopic (exact) mass is 418 g/mol. The number of rotatable bonds is 3. The summed E-state index contributed by atoms with van der Waals surface area (Å²) >= 11 is 6.96. The Morgan fingerprint density at radius 2 is 1.62 bits per heavy atom. The summed E-state index contributed by atoms with van der Waals surface area (Å²) in [6.07, 6.45) is 0. The molecule has 0 aliphatic rings. The summed E-state index contributed by atoms with van der Waals surface area (Å²) in [6, 6.07) is 6.18. The Morgan fingerprint density at radius 1 is 0.952 bits per heavy atom. The van der Waals surface area contributed by atoms with Gasteiger partial charge in [-0.1, -0.05) is 31.9 Å². The van der Waals surface area contributed by atoms with Crippen molar-refractivity contribution in [2.75, 3.05) is 7.11 Å². The SMILES string of the molecule is COc1cc(C)c(Br)cc1C(Br)c1cc(C)c(F)cc1F. The first-order valence-corrected chi connectivity index (χ1v) is 7.99. The molecule has 1 nitrogen and oxygen atoms in total. The van der Waals surface area contributed by atoms with Crippen LogP contribution in [0.2, 0.25) is 0 Å². The van der Waals surface area contributed by atoms with Crippen LogP contribution >= 0.6 is 31.9 Å². The summed E-state index contributed by atoms with van der Waals surface area (Å²) in [5, 5.41) is 0. The van der Waals surface area contributed by atoms with Crippen molar-refractivity contribution in [3.8, 4) is 5.75 Å². The zero-order chi connectivity index (χ0) is 15.7. The second-order valence-corrected chi connectivity index (χ2v) is 6.60. The molecule has 112 valence electrons. The van der Waals surface area contributed by atoms with Crippen LogP contribution in [0.15, 0.2) is 28.7 Å². The first kappa shape index (κ1) is 16.4. The van der Waals surface area contributed by atoms with E-state index in [2.05, 4.69) is 31.9 Å². The Balaban J connectivity index is 2.57. The molecule has 2 rings (SSSR count). The van der Waals surface area contributed by atoms with Gasteiger partial charge in [-0.2, -0.15) is 0 Å². The number of hydrogen-bond acceptors (Lipinski definition) is 1. The van der Waals surface area contributed by atoms with Crippen LogP contribution < -0.4 is 4.74 Å². The maximum absolute atomic E-state index is 14.1. The number of methoxy groups -OCH3 is 1. The van der Waals surface area contributed by atoms with Crippen LogP contribution in [-0.2, 0) is 0 Å². The third-order valence-electron chi connectivity index (χ3n) is 3.34. The quantitative estimate of drug-likeness (QED) is 0.568. The summed E-state index contributed by atoms with van der Waals surface area (Å²) in [5.41, 5.74) is 2.58. The summed E-state index contributed by atoms with van der Waals surface area (Å²) in [5.74, 6) is -0.481. The Labute approximate surface area is 139 Å². The molecule has 0 spiro atoms. The minimum absolute atomic E-state index is 0.378. The Hall–Kier alpha value is -0.940. The van der Waals surface area contributed by atoms with Crippen molar-refractivity contribution in [2.45, 2.75) is 18.7 Å². The number of ether oxygens (including phenoxy) is 1. The lowest BCUT2D eigenvalue weighted by Crippen LogP contribution is -2.02. The van der Waals surface area contributed by atoms with Crippen LogP contribution in [0.5, 0.6) is 5.75 Å². The molecule has 0 N–H and O–H groups in total. The zero-order valence-corrected chi connectivity index (χ0v) is 15.0. The van der Waals surface area contributed by atoms with Crippen molar-refractivity contribution < 1.29 is 13.5 Å². The van der Waals surface area contributed by atoms with Crippen LogP contribution in [0, 0.1) is 25.5 Å². The molecule has 0 fully saturated rings. The molecule has 0 heterocycles. The third kappa shape index (κ3) is 3.29. The fraction of sp³-hybridized carbons (Fsp3) is 0.250. The minimum Gasteiger partial charge on any atom is -0.496 e. The molecule has 2 aromatic carbocycles. The molecule has 0 bridgehead atoms. The van der Waals surface area contributed by atoms with E-state index >= 15 is 0 Å². The molecule has 0 radical (unpaired) electrons. The van der Waals surface area contributed by atoms with Crippen LogP contribution in [0.3, 0.4) is 0 Å². The third-order valence-corrected chi connectivity index (χ3v) is 5.18. The second-order valence-electron chi connectivity index (χ2n) is 4.83. The maximum Gasteiger partial charge on any atom is 0.130 e. The van der Waals surface area contributed by atoms with Gasteiger partial charge in [0, 0.05) is 21.7 Å². The van der Waals surface area contributed by atoms with Gasteiger partial charge in [0.05, 0.1) is 11.9 Å². The van der Waals surface area contributed by atoms with E-state index in [1.54, 1.807) is 14.0 Å². The van der Waals surface area contributed by atoms with Gasteiger partial charge in [-0.25, -0.2) is 8.78 Å². The first-order valence-electron chi connectivity index (χ1n) is 6.28. The van der Waals surface area contributed by atoms with Gasteiger partial charge < -0.3 is 4.74 Å². The minimum atomic E-state index is -0.585. The van der Waals surface area contributed by atoms with Crippen molar-refractivity contribution >= 4 is 31.9 Å². The van der Waals surface area contributed by atoms with Gasteiger partial charge in [0.2, 0.25) is 0 Å². The van der Waals surface area contributed by atoms with E-state index in [1.807, 2.05) is 19.1 Å². The molecule has 1 atom stereocenters. The van der Waals surface area contributed by atoms with E-state index in [1.165, 1.54) is 6.07 Å². The smallest absolute Gasteiger partial charge is 0.130 e. The Morgan fingerprint density at radius 3 is 2.24 bits per heavy atom. The number of halogens is 4. The number of aryl methyl sites for hydroxylation is 2. The van der Waals surface area contributed by atoms with Crippen LogP contribution in [0.25, 0.3) is 0 Å². The highest BCUT2D eigenvalue weighted by atomic mass is 79.9. The van der Waals surface area contributed by atoms with E-state index in [0.717, 1.165) is 21.7 Å². The largest absolute Gasteiger partial charge is 0.496 e. The van der Waals surface area contributed by atoms with Gasteiger partial charge in [0.15, 0.2) is 0 Å². The molecule has 0 aliphatic carbocycles. The van der Waals surface area contributed by atoms with Gasteiger partial charge in [-0.15, -0.1) is 0 Å². The van der Waals surface area contributed by atoms with Crippen LogP contribution in [-0.4, -0.2) is 7.11 Å². The predicted molar refractivity (Wildman–Crippen MR) is 87.3 cm³/mol.